The van der Waals surface area contributed by atoms with Crippen molar-refractivity contribution in [3.8, 4) is 5.75 Å². The molecular formula is C11H14FNO3. The summed E-state index contributed by atoms with van der Waals surface area (Å²) in [5, 5.41) is 8.58. The van der Waals surface area contributed by atoms with Gasteiger partial charge >= 0.3 is 5.97 Å². The number of aliphatic carboxylic acids is 1. The van der Waals surface area contributed by atoms with Crippen molar-refractivity contribution in [1.29, 1.82) is 0 Å². The zero-order chi connectivity index (χ0) is 12.1. The molecule has 16 heavy (non-hydrogen) atoms. The van der Waals surface area contributed by atoms with Crippen molar-refractivity contribution in [3.63, 3.8) is 0 Å². The van der Waals surface area contributed by atoms with E-state index in [9.17, 15) is 9.18 Å². The number of alkyl halides is 1. The number of carboxylic acid groups (broad SMARTS) is 1. The number of ether oxygens (including phenoxy) is 1. The molecule has 0 aliphatic heterocycles. The average Bonchev–Trinajstić information content (AvgIpc) is 2.28. The summed E-state index contributed by atoms with van der Waals surface area (Å²) in [7, 11) is 1.43. The summed E-state index contributed by atoms with van der Waals surface area (Å²) >= 11 is 0. The molecule has 0 radical (unpaired) electrons. The second-order valence-electron chi connectivity index (χ2n) is 3.39. The van der Waals surface area contributed by atoms with Gasteiger partial charge in [0.05, 0.1) is 7.11 Å². The molecule has 2 atom stereocenters. The number of nitrogens with two attached hydrogens (primary N) is 1. The number of hydrogen-bond donors (Lipinski definition) is 2. The first-order valence-corrected chi connectivity index (χ1v) is 4.81. The minimum absolute atomic E-state index is 0.268. The number of halogens is 1. The predicted octanol–water partition coefficient (Wildman–Crippen LogP) is 1.51. The predicted molar refractivity (Wildman–Crippen MR) is 57.1 cm³/mol. The molecule has 0 fully saturated rings. The molecule has 0 aromatic heterocycles. The Balaban J connectivity index is 2.79. The number of benzene rings is 1. The van der Waals surface area contributed by atoms with E-state index in [1.54, 1.807) is 24.3 Å². The van der Waals surface area contributed by atoms with Crippen molar-refractivity contribution < 1.29 is 19.0 Å². The van der Waals surface area contributed by atoms with Crippen LogP contribution < -0.4 is 10.5 Å². The largest absolute Gasteiger partial charge is 0.496 e. The Hall–Kier alpha value is -1.62. The fourth-order valence-electron chi connectivity index (χ4n) is 1.38. The molecule has 2 unspecified atom stereocenters. The van der Waals surface area contributed by atoms with Gasteiger partial charge in [-0.25, -0.2) is 4.39 Å². The molecule has 0 aliphatic rings. The fourth-order valence-corrected chi connectivity index (χ4v) is 1.38. The zero-order valence-corrected chi connectivity index (χ0v) is 8.89. The minimum Gasteiger partial charge on any atom is -0.496 e. The molecule has 1 aromatic carbocycles. The lowest BCUT2D eigenvalue weighted by Crippen LogP contribution is -2.31. The van der Waals surface area contributed by atoms with Gasteiger partial charge < -0.3 is 15.6 Å². The van der Waals surface area contributed by atoms with Gasteiger partial charge in [-0.15, -0.1) is 0 Å². The summed E-state index contributed by atoms with van der Waals surface area (Å²) in [4.78, 5) is 10.5. The quantitative estimate of drug-likeness (QED) is 0.799. The summed E-state index contributed by atoms with van der Waals surface area (Å²) in [5.74, 6) is -0.815. The number of carbonyl (C=O) groups is 1. The van der Waals surface area contributed by atoms with Crippen LogP contribution in [-0.2, 0) is 4.79 Å². The second kappa shape index (κ2) is 5.46. The van der Waals surface area contributed by atoms with Crippen LogP contribution in [0, 0.1) is 0 Å². The van der Waals surface area contributed by atoms with Crippen molar-refractivity contribution in [2.45, 2.75) is 18.6 Å². The first-order valence-electron chi connectivity index (χ1n) is 4.81. The highest BCUT2D eigenvalue weighted by Crippen LogP contribution is 2.30. The van der Waals surface area contributed by atoms with Gasteiger partial charge in [0.25, 0.3) is 0 Å². The third-order valence-corrected chi connectivity index (χ3v) is 2.25. The Bertz CT molecular complexity index is 370. The van der Waals surface area contributed by atoms with Crippen LogP contribution in [0.1, 0.15) is 18.2 Å². The molecule has 1 rings (SSSR count). The Morgan fingerprint density at radius 2 is 2.19 bits per heavy atom. The number of para-hydroxylation sites is 1. The van der Waals surface area contributed by atoms with E-state index in [2.05, 4.69) is 0 Å². The Morgan fingerprint density at radius 1 is 1.56 bits per heavy atom. The SMILES string of the molecule is COc1ccccc1C(F)CC(N)C(=O)O. The van der Waals surface area contributed by atoms with Gasteiger partial charge in [0, 0.05) is 12.0 Å². The second-order valence-corrected chi connectivity index (χ2v) is 3.39. The van der Waals surface area contributed by atoms with E-state index in [1.165, 1.54) is 7.11 Å². The van der Waals surface area contributed by atoms with Crippen LogP contribution in [0.25, 0.3) is 0 Å². The van der Waals surface area contributed by atoms with E-state index in [4.69, 9.17) is 15.6 Å². The fraction of sp³-hybridized carbons (Fsp3) is 0.364. The molecule has 0 bridgehead atoms. The van der Waals surface area contributed by atoms with Crippen molar-refractivity contribution in [2.24, 2.45) is 5.73 Å². The van der Waals surface area contributed by atoms with Crippen molar-refractivity contribution in [2.75, 3.05) is 7.11 Å². The molecule has 5 heteroatoms. The topological polar surface area (TPSA) is 72.5 Å². The van der Waals surface area contributed by atoms with Crippen LogP contribution in [0.3, 0.4) is 0 Å². The van der Waals surface area contributed by atoms with Gasteiger partial charge in [0.2, 0.25) is 0 Å². The normalized spacial score (nSPS) is 14.2. The summed E-state index contributed by atoms with van der Waals surface area (Å²) in [6.07, 6.45) is -1.71. The first-order chi connectivity index (χ1) is 7.56. The van der Waals surface area contributed by atoms with Crippen LogP contribution in [0.4, 0.5) is 4.39 Å². The van der Waals surface area contributed by atoms with Gasteiger partial charge in [0.15, 0.2) is 0 Å². The third-order valence-electron chi connectivity index (χ3n) is 2.25. The van der Waals surface area contributed by atoms with Crippen LogP contribution in [-0.4, -0.2) is 24.2 Å². The van der Waals surface area contributed by atoms with Crippen molar-refractivity contribution in [3.05, 3.63) is 29.8 Å². The van der Waals surface area contributed by atoms with Gasteiger partial charge in [0.1, 0.15) is 18.0 Å². The number of hydrogen-bond acceptors (Lipinski definition) is 3. The molecular weight excluding hydrogens is 213 g/mol. The molecule has 0 aliphatic carbocycles. The molecule has 0 saturated heterocycles. The zero-order valence-electron chi connectivity index (χ0n) is 8.89. The summed E-state index contributed by atoms with van der Waals surface area (Å²) in [6, 6.07) is 5.34. The molecule has 88 valence electrons. The van der Waals surface area contributed by atoms with Crippen molar-refractivity contribution >= 4 is 5.97 Å². The van der Waals surface area contributed by atoms with E-state index in [0.29, 0.717) is 11.3 Å². The number of rotatable bonds is 5. The standard InChI is InChI=1S/C11H14FNO3/c1-16-10-5-3-2-4-7(10)8(12)6-9(13)11(14)15/h2-5,8-9H,6,13H2,1H3,(H,14,15). The maximum Gasteiger partial charge on any atom is 0.320 e. The first kappa shape index (κ1) is 12.4. The molecule has 0 saturated carbocycles. The molecule has 0 spiro atoms. The van der Waals surface area contributed by atoms with E-state index in [1.807, 2.05) is 0 Å². The monoisotopic (exact) mass is 227 g/mol. The van der Waals surface area contributed by atoms with Crippen LogP contribution >= 0.6 is 0 Å². The summed E-state index contributed by atoms with van der Waals surface area (Å²) in [5.41, 5.74) is 5.59. The van der Waals surface area contributed by atoms with Crippen LogP contribution in [0.15, 0.2) is 24.3 Å². The lowest BCUT2D eigenvalue weighted by molar-refractivity contribution is -0.139. The van der Waals surface area contributed by atoms with Gasteiger partial charge in [-0.3, -0.25) is 4.79 Å². The Kier molecular flexibility index (Phi) is 4.25. The Morgan fingerprint density at radius 3 is 2.75 bits per heavy atom. The minimum atomic E-state index is -1.44. The van der Waals surface area contributed by atoms with Gasteiger partial charge in [-0.05, 0) is 6.07 Å². The highest BCUT2D eigenvalue weighted by Gasteiger charge is 2.21. The maximum absolute atomic E-state index is 13.8. The lowest BCUT2D eigenvalue weighted by atomic mass is 10.0. The van der Waals surface area contributed by atoms with E-state index in [-0.39, 0.29) is 6.42 Å². The molecule has 1 aromatic rings. The molecule has 3 N–H and O–H groups in total. The smallest absolute Gasteiger partial charge is 0.320 e. The summed E-state index contributed by atoms with van der Waals surface area (Å²) < 4.78 is 18.8. The molecule has 4 nitrogen and oxygen atoms in total. The van der Waals surface area contributed by atoms with E-state index < -0.39 is 18.2 Å². The van der Waals surface area contributed by atoms with Crippen molar-refractivity contribution in [1.82, 2.24) is 0 Å². The maximum atomic E-state index is 13.8. The lowest BCUT2D eigenvalue weighted by Gasteiger charge is -2.14. The highest BCUT2D eigenvalue weighted by atomic mass is 19.1. The summed E-state index contributed by atoms with van der Waals surface area (Å²) in [6.45, 7) is 0. The Labute approximate surface area is 92.8 Å². The van der Waals surface area contributed by atoms with Crippen LogP contribution in [0.2, 0.25) is 0 Å². The van der Waals surface area contributed by atoms with E-state index >= 15 is 0 Å². The number of carboxylic acids is 1. The molecule has 0 heterocycles. The van der Waals surface area contributed by atoms with Gasteiger partial charge in [-0.2, -0.15) is 0 Å². The van der Waals surface area contributed by atoms with Crippen LogP contribution in [0.5, 0.6) is 5.75 Å². The molecule has 0 amide bonds. The number of methoxy groups -OCH3 is 1. The average molecular weight is 227 g/mol. The van der Waals surface area contributed by atoms with E-state index in [0.717, 1.165) is 0 Å². The highest BCUT2D eigenvalue weighted by molar-refractivity contribution is 5.73. The third kappa shape index (κ3) is 2.93. The van der Waals surface area contributed by atoms with Gasteiger partial charge in [-0.1, -0.05) is 18.2 Å².